The highest BCUT2D eigenvalue weighted by Gasteiger charge is 2.18. The zero-order valence-electron chi connectivity index (χ0n) is 18.9. The average Bonchev–Trinajstić information content (AvgIpc) is 2.83. The molecule has 0 aromatic heterocycles. The number of ether oxygens (including phenoxy) is 2. The van der Waals surface area contributed by atoms with Gasteiger partial charge in [0.25, 0.3) is 5.91 Å². The lowest BCUT2D eigenvalue weighted by Crippen LogP contribution is -2.43. The normalized spacial score (nSPS) is 13.5. The molecule has 3 N–H and O–H groups in total. The maximum Gasteiger partial charge on any atom is 0.407 e. The molecule has 2 amide bonds. The van der Waals surface area contributed by atoms with Crippen LogP contribution in [0.4, 0.5) is 10.5 Å². The quantitative estimate of drug-likeness (QED) is 0.542. The van der Waals surface area contributed by atoms with E-state index >= 15 is 0 Å². The van der Waals surface area contributed by atoms with Crippen molar-refractivity contribution >= 4 is 17.7 Å². The van der Waals surface area contributed by atoms with Gasteiger partial charge in [-0.25, -0.2) is 4.79 Å². The maximum absolute atomic E-state index is 12.5. The lowest BCUT2D eigenvalue weighted by atomic mass is 10.00. The van der Waals surface area contributed by atoms with Gasteiger partial charge in [-0.15, -0.1) is 0 Å². The van der Waals surface area contributed by atoms with Crippen LogP contribution in [0.2, 0.25) is 0 Å². The molecule has 174 valence electrons. The number of nitrogens with zero attached hydrogens (tertiary/aromatic N) is 1. The third kappa shape index (κ3) is 8.37. The fraction of sp³-hybridized carbons (Fsp3) is 0.308. The molecule has 0 heterocycles. The Labute approximate surface area is 194 Å². The van der Waals surface area contributed by atoms with E-state index in [1.165, 1.54) is 5.57 Å². The molecule has 7 heteroatoms. The van der Waals surface area contributed by atoms with Crippen molar-refractivity contribution in [2.24, 2.45) is 5.73 Å². The summed E-state index contributed by atoms with van der Waals surface area (Å²) in [5.74, 6) is 0.0536. The minimum atomic E-state index is -0.518. The molecular weight excluding hydrogens is 418 g/mol. The number of amides is 2. The number of primary amides is 1. The van der Waals surface area contributed by atoms with Crippen LogP contribution in [0.25, 0.3) is 0 Å². The molecule has 7 nitrogen and oxygen atoms in total. The van der Waals surface area contributed by atoms with Crippen molar-refractivity contribution in [3.8, 4) is 5.75 Å². The Morgan fingerprint density at radius 2 is 1.85 bits per heavy atom. The second-order valence-electron chi connectivity index (χ2n) is 8.00. The Morgan fingerprint density at radius 1 is 1.09 bits per heavy atom. The summed E-state index contributed by atoms with van der Waals surface area (Å²) in [4.78, 5) is 25.5. The van der Waals surface area contributed by atoms with Gasteiger partial charge in [-0.3, -0.25) is 4.79 Å². The molecule has 3 rings (SSSR count). The summed E-state index contributed by atoms with van der Waals surface area (Å²) in [6, 6.07) is 16.9. The molecule has 0 spiro atoms. The smallest absolute Gasteiger partial charge is 0.407 e. The Balaban J connectivity index is 1.60. The first-order valence-corrected chi connectivity index (χ1v) is 11.0. The van der Waals surface area contributed by atoms with Crippen LogP contribution in [0.15, 0.2) is 78.4 Å². The molecule has 0 saturated heterocycles. The van der Waals surface area contributed by atoms with Crippen molar-refractivity contribution in [2.45, 2.75) is 31.9 Å². The van der Waals surface area contributed by atoms with Gasteiger partial charge < -0.3 is 25.4 Å². The number of nitrogens with two attached hydrogens (primary N) is 1. The molecule has 0 fully saturated rings. The van der Waals surface area contributed by atoms with Crippen LogP contribution in [0.3, 0.4) is 0 Å². The highest BCUT2D eigenvalue weighted by molar-refractivity contribution is 5.75. The van der Waals surface area contributed by atoms with Gasteiger partial charge in [-0.1, -0.05) is 54.1 Å². The summed E-state index contributed by atoms with van der Waals surface area (Å²) in [6.45, 7) is 0.659. The number of alkyl carbamates (subject to hydrolysis) is 1. The fourth-order valence-corrected chi connectivity index (χ4v) is 3.58. The molecule has 1 unspecified atom stereocenters. The molecule has 2 aromatic rings. The van der Waals surface area contributed by atoms with Gasteiger partial charge in [-0.2, -0.15) is 0 Å². The first-order valence-electron chi connectivity index (χ1n) is 11.0. The molecule has 0 saturated carbocycles. The minimum Gasteiger partial charge on any atom is -0.484 e. The first kappa shape index (κ1) is 23.9. The van der Waals surface area contributed by atoms with Gasteiger partial charge >= 0.3 is 6.09 Å². The summed E-state index contributed by atoms with van der Waals surface area (Å²) in [6.07, 6.45) is 8.83. The number of carbonyl (C=O) groups excluding carboxylic acids is 2. The summed E-state index contributed by atoms with van der Waals surface area (Å²) in [5, 5.41) is 3.03. The standard InChI is InChI=1S/C26H31N3O4/c1-29(23-12-14-24(15-13-23)32-19-25(27)30)17-22(16-20-8-4-2-5-9-20)28-26(31)33-18-21-10-6-3-7-11-21/h3-4,6-15,22H,2,5,16-19H2,1H3,(H2,27,30)(H,28,31). The van der Waals surface area contributed by atoms with Gasteiger partial charge in [-0.05, 0) is 49.1 Å². The highest BCUT2D eigenvalue weighted by atomic mass is 16.5. The van der Waals surface area contributed by atoms with E-state index in [-0.39, 0.29) is 19.3 Å². The monoisotopic (exact) mass is 449 g/mol. The number of hydrogen-bond acceptors (Lipinski definition) is 5. The van der Waals surface area contributed by atoms with Crippen molar-refractivity contribution in [3.05, 3.63) is 84.0 Å². The van der Waals surface area contributed by atoms with Crippen molar-refractivity contribution < 1.29 is 19.1 Å². The molecule has 2 aromatic carbocycles. The summed E-state index contributed by atoms with van der Waals surface area (Å²) < 4.78 is 10.8. The summed E-state index contributed by atoms with van der Waals surface area (Å²) in [7, 11) is 1.97. The van der Waals surface area contributed by atoms with Gasteiger partial charge in [0, 0.05) is 19.3 Å². The summed E-state index contributed by atoms with van der Waals surface area (Å²) >= 11 is 0. The number of anilines is 1. The highest BCUT2D eigenvalue weighted by Crippen LogP contribution is 2.21. The SMILES string of the molecule is CN(CC(CC1=CCCC=C1)NC(=O)OCc1ccccc1)c1ccc(OCC(N)=O)cc1. The molecule has 0 aliphatic heterocycles. The molecular formula is C26H31N3O4. The van der Waals surface area contributed by atoms with Gasteiger partial charge in [0.05, 0.1) is 6.04 Å². The van der Waals surface area contributed by atoms with E-state index in [0.717, 1.165) is 24.1 Å². The second kappa shape index (κ2) is 12.3. The third-order valence-corrected chi connectivity index (χ3v) is 5.24. The van der Waals surface area contributed by atoms with Gasteiger partial charge in [0.15, 0.2) is 6.61 Å². The topological polar surface area (TPSA) is 93.9 Å². The van der Waals surface area contributed by atoms with Crippen LogP contribution < -0.4 is 20.7 Å². The van der Waals surface area contributed by atoms with Crippen molar-refractivity contribution in [1.29, 1.82) is 0 Å². The van der Waals surface area contributed by atoms with E-state index in [1.54, 1.807) is 12.1 Å². The van der Waals surface area contributed by atoms with Crippen LogP contribution in [-0.4, -0.2) is 38.2 Å². The van der Waals surface area contributed by atoms with E-state index in [4.69, 9.17) is 15.2 Å². The average molecular weight is 450 g/mol. The predicted molar refractivity (Wildman–Crippen MR) is 129 cm³/mol. The van der Waals surface area contributed by atoms with Crippen molar-refractivity contribution in [3.63, 3.8) is 0 Å². The zero-order chi connectivity index (χ0) is 23.5. The van der Waals surface area contributed by atoms with Gasteiger partial charge in [0.1, 0.15) is 12.4 Å². The third-order valence-electron chi connectivity index (χ3n) is 5.24. The Morgan fingerprint density at radius 3 is 2.52 bits per heavy atom. The molecule has 1 aliphatic rings. The van der Waals surface area contributed by atoms with Gasteiger partial charge in [0.2, 0.25) is 0 Å². The maximum atomic E-state index is 12.5. The van der Waals surface area contributed by atoms with E-state index in [1.807, 2.05) is 49.5 Å². The lowest BCUT2D eigenvalue weighted by molar-refractivity contribution is -0.119. The van der Waals surface area contributed by atoms with Crippen LogP contribution in [0, 0.1) is 0 Å². The molecule has 33 heavy (non-hydrogen) atoms. The molecule has 0 radical (unpaired) electrons. The van der Waals surface area contributed by atoms with Crippen LogP contribution >= 0.6 is 0 Å². The van der Waals surface area contributed by atoms with Crippen molar-refractivity contribution in [1.82, 2.24) is 5.32 Å². The lowest BCUT2D eigenvalue weighted by Gasteiger charge is -2.27. The van der Waals surface area contributed by atoms with E-state index in [0.29, 0.717) is 18.7 Å². The predicted octanol–water partition coefficient (Wildman–Crippen LogP) is 3.95. The van der Waals surface area contributed by atoms with E-state index in [2.05, 4.69) is 28.4 Å². The number of hydrogen-bond donors (Lipinski definition) is 2. The number of benzene rings is 2. The number of nitrogens with one attached hydrogen (secondary N) is 1. The van der Waals surface area contributed by atoms with Crippen LogP contribution in [0.5, 0.6) is 5.75 Å². The second-order valence-corrected chi connectivity index (χ2v) is 8.00. The zero-order valence-corrected chi connectivity index (χ0v) is 18.9. The largest absolute Gasteiger partial charge is 0.484 e. The molecule has 1 aliphatic carbocycles. The molecule has 1 atom stereocenters. The Bertz CT molecular complexity index is 971. The fourth-order valence-electron chi connectivity index (χ4n) is 3.58. The first-order chi connectivity index (χ1) is 16.0. The summed E-state index contributed by atoms with van der Waals surface area (Å²) in [5.41, 5.74) is 8.22. The van der Waals surface area contributed by atoms with Crippen LogP contribution in [0.1, 0.15) is 24.8 Å². The van der Waals surface area contributed by atoms with Crippen molar-refractivity contribution in [2.75, 3.05) is 25.1 Å². The Kier molecular flexibility index (Phi) is 8.94. The van der Waals surface area contributed by atoms with E-state index in [9.17, 15) is 9.59 Å². The molecule has 0 bridgehead atoms. The van der Waals surface area contributed by atoms with Crippen LogP contribution in [-0.2, 0) is 16.1 Å². The van der Waals surface area contributed by atoms with E-state index < -0.39 is 12.0 Å². The number of carbonyl (C=O) groups is 2. The minimum absolute atomic E-state index is 0.141. The number of allylic oxidation sites excluding steroid dienone is 3. The number of rotatable bonds is 11. The Hall–Kier alpha value is -3.74. The number of likely N-dealkylation sites (N-methyl/N-ethyl adjacent to an activating group) is 1.